The fourth-order valence-electron chi connectivity index (χ4n) is 5.05. The zero-order chi connectivity index (χ0) is 24.0. The van der Waals surface area contributed by atoms with Gasteiger partial charge in [0.15, 0.2) is 17.7 Å². The first-order valence-electron chi connectivity index (χ1n) is 11.2. The Kier molecular flexibility index (Phi) is 5.66. The fraction of sp³-hybridized carbons (Fsp3) is 0.360. The summed E-state index contributed by atoms with van der Waals surface area (Å²) >= 11 is 0. The van der Waals surface area contributed by atoms with Crippen LogP contribution in [-0.4, -0.2) is 64.8 Å². The third-order valence-electron chi connectivity index (χ3n) is 6.89. The van der Waals surface area contributed by atoms with E-state index in [1.807, 2.05) is 12.1 Å². The Morgan fingerprint density at radius 1 is 1.15 bits per heavy atom. The van der Waals surface area contributed by atoms with Gasteiger partial charge in [0, 0.05) is 25.5 Å². The molecule has 2 aromatic rings. The van der Waals surface area contributed by atoms with Crippen LogP contribution in [0, 0.1) is 0 Å². The molecule has 0 saturated carbocycles. The molecule has 1 fully saturated rings. The van der Waals surface area contributed by atoms with Crippen molar-refractivity contribution >= 4 is 23.3 Å². The number of anilines is 1. The lowest BCUT2D eigenvalue weighted by Crippen LogP contribution is -2.50. The zero-order valence-corrected chi connectivity index (χ0v) is 18.7. The number of rotatable bonds is 3. The Bertz CT molecular complexity index is 1150. The molecule has 9 heteroatoms. The molecule has 0 spiro atoms. The van der Waals surface area contributed by atoms with Gasteiger partial charge in [0.1, 0.15) is 0 Å². The first-order chi connectivity index (χ1) is 16.4. The summed E-state index contributed by atoms with van der Waals surface area (Å²) in [6.45, 7) is 1.52. The average molecular weight is 466 g/mol. The van der Waals surface area contributed by atoms with Gasteiger partial charge in [0.25, 0.3) is 5.91 Å². The Labute approximate surface area is 196 Å². The maximum Gasteiger partial charge on any atom is 0.414 e. The number of nitrogens with zero attached hydrogens (tertiary/aromatic N) is 2. The molecule has 5 rings (SSSR count). The van der Waals surface area contributed by atoms with Gasteiger partial charge in [0.05, 0.1) is 24.4 Å². The highest BCUT2D eigenvalue weighted by Gasteiger charge is 2.45. The molecular formula is C25H26N2O7. The fourth-order valence-corrected chi connectivity index (χ4v) is 5.05. The minimum Gasteiger partial charge on any atom is -0.504 e. The normalized spacial score (nSPS) is 22.6. The number of carboxylic acid groups (broad SMARTS) is 1. The molecule has 2 unspecified atom stereocenters. The van der Waals surface area contributed by atoms with Gasteiger partial charge in [-0.05, 0) is 47.9 Å². The highest BCUT2D eigenvalue weighted by Crippen LogP contribution is 2.42. The second-order valence-corrected chi connectivity index (χ2v) is 8.75. The lowest BCUT2D eigenvalue weighted by Gasteiger charge is -2.30. The van der Waals surface area contributed by atoms with Crippen molar-refractivity contribution in [3.8, 4) is 11.5 Å². The Balaban J connectivity index is 1.50. The first kappa shape index (κ1) is 22.2. The number of aliphatic hydroxyl groups excluding tert-OH is 1. The summed E-state index contributed by atoms with van der Waals surface area (Å²) in [5.41, 5.74) is 2.92. The SMILES string of the molecule is COc1cc2c(cc1O)N(C(=O)O)C(O)C1CC(c3ccc(C4CCOCC4)cc3)=CN1C2=O. The standard InChI is InChI=1S/C25H26N2O7/c1-33-22-11-18-19(12-21(22)28)27(25(31)32)24(30)20-10-17(13-26(20)23(18)29)15-4-2-14(3-5-15)16-6-8-34-9-7-16/h2-5,11-13,16,20,24,28,30H,6-10H2,1H3,(H,31,32). The number of phenolic OH excluding ortho intramolecular Hbond substituents is 1. The number of fused-ring (bicyclic) bond motifs is 2. The monoisotopic (exact) mass is 466 g/mol. The van der Waals surface area contributed by atoms with E-state index in [0.717, 1.165) is 48.2 Å². The maximum absolute atomic E-state index is 13.5. The Hall–Kier alpha value is -3.56. The van der Waals surface area contributed by atoms with E-state index in [4.69, 9.17) is 9.47 Å². The van der Waals surface area contributed by atoms with Gasteiger partial charge < -0.3 is 29.7 Å². The summed E-state index contributed by atoms with van der Waals surface area (Å²) in [4.78, 5) is 27.6. The lowest BCUT2D eigenvalue weighted by atomic mass is 9.90. The number of aliphatic hydroxyl groups is 1. The quantitative estimate of drug-likeness (QED) is 0.634. The molecule has 3 aliphatic heterocycles. The second-order valence-electron chi connectivity index (χ2n) is 8.75. The third-order valence-corrected chi connectivity index (χ3v) is 6.89. The van der Waals surface area contributed by atoms with Crippen molar-refractivity contribution in [2.75, 3.05) is 25.2 Å². The smallest absolute Gasteiger partial charge is 0.414 e. The van der Waals surface area contributed by atoms with Gasteiger partial charge >= 0.3 is 6.09 Å². The molecule has 2 atom stereocenters. The van der Waals surface area contributed by atoms with Gasteiger partial charge in [-0.25, -0.2) is 9.69 Å². The summed E-state index contributed by atoms with van der Waals surface area (Å²) in [6.07, 6.45) is 0.982. The van der Waals surface area contributed by atoms with Crippen molar-refractivity contribution in [1.82, 2.24) is 4.90 Å². The van der Waals surface area contributed by atoms with Crippen molar-refractivity contribution in [2.24, 2.45) is 0 Å². The van der Waals surface area contributed by atoms with Crippen LogP contribution < -0.4 is 9.64 Å². The van der Waals surface area contributed by atoms with Crippen LogP contribution in [0.1, 0.15) is 46.7 Å². The van der Waals surface area contributed by atoms with E-state index < -0.39 is 24.3 Å². The molecule has 178 valence electrons. The van der Waals surface area contributed by atoms with Gasteiger partial charge in [-0.2, -0.15) is 0 Å². The van der Waals surface area contributed by atoms with E-state index in [1.54, 1.807) is 6.20 Å². The number of carbonyl (C=O) groups excluding carboxylic acids is 1. The van der Waals surface area contributed by atoms with E-state index >= 15 is 0 Å². The number of carbonyl (C=O) groups is 2. The number of methoxy groups -OCH3 is 1. The van der Waals surface area contributed by atoms with Crippen LogP contribution in [0.5, 0.6) is 11.5 Å². The molecule has 34 heavy (non-hydrogen) atoms. The highest BCUT2D eigenvalue weighted by molar-refractivity contribution is 6.06. The molecular weight excluding hydrogens is 440 g/mol. The molecule has 3 N–H and O–H groups in total. The minimum atomic E-state index is -1.52. The van der Waals surface area contributed by atoms with E-state index in [1.165, 1.54) is 23.6 Å². The largest absolute Gasteiger partial charge is 0.504 e. The third kappa shape index (κ3) is 3.66. The van der Waals surface area contributed by atoms with E-state index in [-0.39, 0.29) is 29.2 Å². The van der Waals surface area contributed by atoms with Crippen LogP contribution >= 0.6 is 0 Å². The van der Waals surface area contributed by atoms with Crippen molar-refractivity contribution in [1.29, 1.82) is 0 Å². The summed E-state index contributed by atoms with van der Waals surface area (Å²) in [5.74, 6) is -0.298. The molecule has 9 nitrogen and oxygen atoms in total. The van der Waals surface area contributed by atoms with Crippen molar-refractivity contribution < 1.29 is 34.4 Å². The number of hydrogen-bond acceptors (Lipinski definition) is 6. The maximum atomic E-state index is 13.5. The zero-order valence-electron chi connectivity index (χ0n) is 18.7. The second kappa shape index (κ2) is 8.66. The van der Waals surface area contributed by atoms with Crippen LogP contribution in [0.4, 0.5) is 10.5 Å². The highest BCUT2D eigenvalue weighted by atomic mass is 16.5. The molecule has 2 aromatic carbocycles. The molecule has 1 saturated heterocycles. The summed E-state index contributed by atoms with van der Waals surface area (Å²) in [5, 5.41) is 31.1. The summed E-state index contributed by atoms with van der Waals surface area (Å²) < 4.78 is 10.6. The van der Waals surface area contributed by atoms with E-state index in [2.05, 4.69) is 12.1 Å². The van der Waals surface area contributed by atoms with E-state index in [9.17, 15) is 24.9 Å². The number of hydrogen-bond donors (Lipinski definition) is 3. The number of amides is 2. The number of phenols is 1. The van der Waals surface area contributed by atoms with Gasteiger partial charge in [-0.15, -0.1) is 0 Å². The van der Waals surface area contributed by atoms with Crippen LogP contribution in [0.3, 0.4) is 0 Å². The number of aromatic hydroxyl groups is 1. The minimum absolute atomic E-state index is 0.0194. The van der Waals surface area contributed by atoms with Gasteiger partial charge in [0.2, 0.25) is 0 Å². The Morgan fingerprint density at radius 2 is 1.85 bits per heavy atom. The molecule has 2 amide bonds. The predicted octanol–water partition coefficient (Wildman–Crippen LogP) is 3.37. The number of ether oxygens (including phenoxy) is 2. The molecule has 0 bridgehead atoms. The number of benzene rings is 2. The van der Waals surface area contributed by atoms with Crippen molar-refractivity contribution in [2.45, 2.75) is 37.5 Å². The molecule has 0 aliphatic carbocycles. The molecule has 3 heterocycles. The Morgan fingerprint density at radius 3 is 2.50 bits per heavy atom. The molecule has 0 radical (unpaired) electrons. The molecule has 0 aromatic heterocycles. The lowest BCUT2D eigenvalue weighted by molar-refractivity contribution is 0.0575. The predicted molar refractivity (Wildman–Crippen MR) is 123 cm³/mol. The average Bonchev–Trinajstić information content (AvgIpc) is 3.27. The first-order valence-corrected chi connectivity index (χ1v) is 11.2. The van der Waals surface area contributed by atoms with Crippen molar-refractivity contribution in [3.05, 3.63) is 59.3 Å². The topological polar surface area (TPSA) is 120 Å². The van der Waals surface area contributed by atoms with Gasteiger partial charge in [-0.1, -0.05) is 24.3 Å². The van der Waals surface area contributed by atoms with Crippen LogP contribution in [0.25, 0.3) is 5.57 Å². The van der Waals surface area contributed by atoms with Crippen LogP contribution in [-0.2, 0) is 4.74 Å². The summed E-state index contributed by atoms with van der Waals surface area (Å²) in [6, 6.07) is 9.79. The summed E-state index contributed by atoms with van der Waals surface area (Å²) in [7, 11) is 1.34. The van der Waals surface area contributed by atoms with E-state index in [0.29, 0.717) is 5.92 Å². The van der Waals surface area contributed by atoms with Gasteiger partial charge in [-0.3, -0.25) is 4.79 Å². The molecule has 3 aliphatic rings. The van der Waals surface area contributed by atoms with Crippen LogP contribution in [0.2, 0.25) is 0 Å². The van der Waals surface area contributed by atoms with Crippen molar-refractivity contribution in [3.63, 3.8) is 0 Å². The van der Waals surface area contributed by atoms with Crippen LogP contribution in [0.15, 0.2) is 42.6 Å².